The molecule has 0 amide bonds. The van der Waals surface area contributed by atoms with Crippen molar-refractivity contribution in [1.82, 2.24) is 14.9 Å². The van der Waals surface area contributed by atoms with E-state index in [1.165, 1.54) is 13.1 Å². The highest BCUT2D eigenvalue weighted by Gasteiger charge is 2.24. The Bertz CT molecular complexity index is 452. The molecule has 0 aliphatic heterocycles. The minimum atomic E-state index is -3.71. The van der Waals surface area contributed by atoms with E-state index in [1.54, 1.807) is 6.92 Å². The molecule has 0 spiro atoms. The van der Waals surface area contributed by atoms with Crippen LogP contribution in [0.5, 0.6) is 0 Å². The molecule has 0 bridgehead atoms. The maximum atomic E-state index is 11.7. The summed E-state index contributed by atoms with van der Waals surface area (Å²) in [5.41, 5.74) is -1.07. The smallest absolute Gasteiger partial charge is 0.244 e. The lowest BCUT2D eigenvalue weighted by atomic mass is 10.1. The van der Waals surface area contributed by atoms with Gasteiger partial charge in [0.15, 0.2) is 0 Å². The summed E-state index contributed by atoms with van der Waals surface area (Å²) in [5, 5.41) is 24.3. The lowest BCUT2D eigenvalue weighted by Crippen LogP contribution is -2.43. The fraction of sp³-hybridized carbons (Fsp3) is 0.625. The van der Waals surface area contributed by atoms with Crippen molar-refractivity contribution in [2.75, 3.05) is 13.2 Å². The van der Waals surface area contributed by atoms with Crippen molar-refractivity contribution in [3.05, 3.63) is 11.9 Å². The zero-order valence-corrected chi connectivity index (χ0v) is 9.87. The fourth-order valence-corrected chi connectivity index (χ4v) is 2.29. The highest BCUT2D eigenvalue weighted by molar-refractivity contribution is 7.89. The minimum Gasteiger partial charge on any atom is -0.393 e. The lowest BCUT2D eigenvalue weighted by molar-refractivity contribution is 0.00681. The number of rotatable bonds is 5. The molecule has 8 heteroatoms. The summed E-state index contributed by atoms with van der Waals surface area (Å²) in [6.45, 7) is 2.11. The van der Waals surface area contributed by atoms with Gasteiger partial charge in [-0.3, -0.25) is 5.10 Å². The number of aromatic amines is 1. The Balaban J connectivity index is 2.79. The van der Waals surface area contributed by atoms with Crippen LogP contribution >= 0.6 is 0 Å². The first kappa shape index (κ1) is 13.1. The van der Waals surface area contributed by atoms with Crippen molar-refractivity contribution in [2.45, 2.75) is 24.3 Å². The number of aromatic nitrogens is 2. The van der Waals surface area contributed by atoms with Crippen molar-refractivity contribution in [3.8, 4) is 0 Å². The van der Waals surface area contributed by atoms with E-state index < -0.39 is 22.2 Å². The number of hydrogen-bond acceptors (Lipinski definition) is 5. The monoisotopic (exact) mass is 249 g/mol. The number of hydrogen-bond donors (Lipinski definition) is 4. The fourth-order valence-electron chi connectivity index (χ4n) is 0.995. The first-order valence-corrected chi connectivity index (χ1v) is 6.10. The van der Waals surface area contributed by atoms with Crippen LogP contribution < -0.4 is 4.72 Å². The number of aryl methyl sites for hydroxylation is 1. The second-order valence-electron chi connectivity index (χ2n) is 3.84. The van der Waals surface area contributed by atoms with E-state index in [9.17, 15) is 13.5 Å². The van der Waals surface area contributed by atoms with Gasteiger partial charge in [-0.05, 0) is 13.8 Å². The van der Waals surface area contributed by atoms with Crippen LogP contribution in [0.1, 0.15) is 12.6 Å². The zero-order chi connectivity index (χ0) is 12.4. The average molecular weight is 249 g/mol. The van der Waals surface area contributed by atoms with E-state index in [0.29, 0.717) is 5.69 Å². The summed E-state index contributed by atoms with van der Waals surface area (Å²) < 4.78 is 25.6. The average Bonchev–Trinajstić information content (AvgIpc) is 2.63. The molecular formula is C8H15N3O4S. The van der Waals surface area contributed by atoms with Gasteiger partial charge in [0, 0.05) is 6.54 Å². The SMILES string of the molecule is Cc1[nH]ncc1S(=O)(=O)NCC(C)(O)CO. The van der Waals surface area contributed by atoms with Gasteiger partial charge in [-0.1, -0.05) is 0 Å². The molecule has 1 rings (SSSR count). The summed E-state index contributed by atoms with van der Waals surface area (Å²) in [7, 11) is -3.71. The third kappa shape index (κ3) is 3.01. The zero-order valence-electron chi connectivity index (χ0n) is 9.06. The number of nitrogens with one attached hydrogen (secondary N) is 2. The van der Waals surface area contributed by atoms with Crippen molar-refractivity contribution in [3.63, 3.8) is 0 Å². The summed E-state index contributed by atoms with van der Waals surface area (Å²) in [4.78, 5) is 0.0289. The highest BCUT2D eigenvalue weighted by atomic mass is 32.2. The molecule has 1 atom stereocenters. The molecule has 1 heterocycles. The topological polar surface area (TPSA) is 115 Å². The Labute approximate surface area is 93.6 Å². The standard InChI is InChI=1S/C8H15N3O4S/c1-6-7(3-9-11-6)16(14,15)10-4-8(2,13)5-12/h3,10,12-13H,4-5H2,1-2H3,(H,9,11). The molecular weight excluding hydrogens is 234 g/mol. The maximum absolute atomic E-state index is 11.7. The molecule has 0 aliphatic rings. The number of aliphatic hydroxyl groups excluding tert-OH is 1. The molecule has 0 saturated carbocycles. The van der Waals surface area contributed by atoms with Gasteiger partial charge in [-0.2, -0.15) is 5.10 Å². The normalized spacial score (nSPS) is 16.0. The van der Waals surface area contributed by atoms with Gasteiger partial charge < -0.3 is 10.2 Å². The van der Waals surface area contributed by atoms with Crippen molar-refractivity contribution < 1.29 is 18.6 Å². The van der Waals surface area contributed by atoms with Crippen LogP contribution in [0.15, 0.2) is 11.1 Å². The summed E-state index contributed by atoms with van der Waals surface area (Å²) in [6, 6.07) is 0. The van der Waals surface area contributed by atoms with Gasteiger partial charge in [0.2, 0.25) is 10.0 Å². The number of nitrogens with zero attached hydrogens (tertiary/aromatic N) is 1. The first-order chi connectivity index (χ1) is 7.28. The molecule has 7 nitrogen and oxygen atoms in total. The quantitative estimate of drug-likeness (QED) is 0.520. The summed E-state index contributed by atoms with van der Waals surface area (Å²) in [6.07, 6.45) is 1.19. The van der Waals surface area contributed by atoms with E-state index in [-0.39, 0.29) is 11.4 Å². The molecule has 16 heavy (non-hydrogen) atoms. The van der Waals surface area contributed by atoms with Crippen LogP contribution in [-0.2, 0) is 10.0 Å². The minimum absolute atomic E-state index is 0.0289. The van der Waals surface area contributed by atoms with E-state index in [1.807, 2.05) is 0 Å². The van der Waals surface area contributed by atoms with Crippen molar-refractivity contribution in [1.29, 1.82) is 0 Å². The van der Waals surface area contributed by atoms with Crippen LogP contribution in [0.3, 0.4) is 0 Å². The second-order valence-corrected chi connectivity index (χ2v) is 5.57. The van der Waals surface area contributed by atoms with Crippen LogP contribution in [0.2, 0.25) is 0 Å². The van der Waals surface area contributed by atoms with Gasteiger partial charge in [0.1, 0.15) is 4.90 Å². The molecule has 0 aromatic carbocycles. The third-order valence-electron chi connectivity index (χ3n) is 2.06. The molecule has 1 aromatic rings. The Morgan fingerprint density at radius 2 is 2.25 bits per heavy atom. The van der Waals surface area contributed by atoms with Gasteiger partial charge in [0.25, 0.3) is 0 Å². The predicted octanol–water partition coefficient (Wildman–Crippen LogP) is -1.26. The molecule has 0 aliphatic carbocycles. The largest absolute Gasteiger partial charge is 0.393 e. The maximum Gasteiger partial charge on any atom is 0.244 e. The summed E-state index contributed by atoms with van der Waals surface area (Å²) >= 11 is 0. The van der Waals surface area contributed by atoms with Gasteiger partial charge in [-0.15, -0.1) is 0 Å². The van der Waals surface area contributed by atoms with Crippen LogP contribution in [0.25, 0.3) is 0 Å². The van der Waals surface area contributed by atoms with Gasteiger partial charge in [-0.25, -0.2) is 13.1 Å². The van der Waals surface area contributed by atoms with Crippen LogP contribution in [0, 0.1) is 6.92 Å². The lowest BCUT2D eigenvalue weighted by Gasteiger charge is -2.20. The second kappa shape index (κ2) is 4.50. The Kier molecular flexibility index (Phi) is 3.68. The predicted molar refractivity (Wildman–Crippen MR) is 56.2 cm³/mol. The van der Waals surface area contributed by atoms with E-state index >= 15 is 0 Å². The molecule has 1 unspecified atom stereocenters. The molecule has 0 fully saturated rings. The number of aliphatic hydroxyl groups is 2. The Morgan fingerprint density at radius 3 is 2.69 bits per heavy atom. The molecule has 0 radical (unpaired) electrons. The van der Waals surface area contributed by atoms with Crippen molar-refractivity contribution in [2.24, 2.45) is 0 Å². The van der Waals surface area contributed by atoms with E-state index in [2.05, 4.69) is 14.9 Å². The third-order valence-corrected chi connectivity index (χ3v) is 3.57. The van der Waals surface area contributed by atoms with Gasteiger partial charge in [0.05, 0.1) is 24.1 Å². The van der Waals surface area contributed by atoms with E-state index in [0.717, 1.165) is 0 Å². The van der Waals surface area contributed by atoms with Crippen LogP contribution in [0.4, 0.5) is 0 Å². The Morgan fingerprint density at radius 1 is 1.62 bits per heavy atom. The summed E-state index contributed by atoms with van der Waals surface area (Å²) in [5.74, 6) is 0. The molecule has 92 valence electrons. The molecule has 4 N–H and O–H groups in total. The van der Waals surface area contributed by atoms with E-state index in [4.69, 9.17) is 5.11 Å². The van der Waals surface area contributed by atoms with Crippen LogP contribution in [-0.4, -0.2) is 47.6 Å². The van der Waals surface area contributed by atoms with Crippen molar-refractivity contribution >= 4 is 10.0 Å². The molecule has 1 aromatic heterocycles. The first-order valence-electron chi connectivity index (χ1n) is 4.61. The highest BCUT2D eigenvalue weighted by Crippen LogP contribution is 2.11. The Hall–Kier alpha value is -0.960. The van der Waals surface area contributed by atoms with Gasteiger partial charge >= 0.3 is 0 Å². The number of H-pyrrole nitrogens is 1. The molecule has 0 saturated heterocycles. The number of sulfonamides is 1.